The molecule has 12 atom stereocenters. The van der Waals surface area contributed by atoms with Crippen molar-refractivity contribution in [3.63, 3.8) is 0 Å². The zero-order valence-electron chi connectivity index (χ0n) is 31.2. The number of allylic oxidation sites excluding steroid dienone is 2. The summed E-state index contributed by atoms with van der Waals surface area (Å²) in [5.41, 5.74) is 2.77. The highest BCUT2D eigenvalue weighted by atomic mass is 16.6. The first-order chi connectivity index (χ1) is 23.7. The summed E-state index contributed by atoms with van der Waals surface area (Å²) >= 11 is 0. The number of aromatic amines is 1. The number of epoxide rings is 1. The topological polar surface area (TPSA) is 106 Å². The number of ketones is 1. The molecule has 272 valence electrons. The van der Waals surface area contributed by atoms with Crippen LogP contribution in [-0.2, 0) is 16.0 Å². The predicted octanol–water partition coefficient (Wildman–Crippen LogP) is 7.72. The van der Waals surface area contributed by atoms with E-state index in [1.54, 1.807) is 5.57 Å². The largest absolute Gasteiger partial charge is 0.392 e. The molecule has 0 unspecified atom stereocenters. The molecule has 6 fully saturated rings. The van der Waals surface area contributed by atoms with Gasteiger partial charge in [0.15, 0.2) is 0 Å². The van der Waals surface area contributed by atoms with Crippen LogP contribution in [0, 0.1) is 50.7 Å². The third-order valence-electron chi connectivity index (χ3n) is 18.3. The highest BCUT2D eigenvalue weighted by molar-refractivity contribution is 5.86. The highest BCUT2D eigenvalue weighted by Gasteiger charge is 2.87. The van der Waals surface area contributed by atoms with Gasteiger partial charge in [0.25, 0.3) is 0 Å². The first-order valence-corrected chi connectivity index (χ1v) is 20.6. The maximum Gasteiger partial charge on any atom is 0.139 e. The van der Waals surface area contributed by atoms with Crippen molar-refractivity contribution in [1.29, 1.82) is 0 Å². The lowest BCUT2D eigenvalue weighted by atomic mass is 9.20. The van der Waals surface area contributed by atoms with E-state index < -0.39 is 28.6 Å². The third-order valence-corrected chi connectivity index (χ3v) is 18.3. The summed E-state index contributed by atoms with van der Waals surface area (Å²) in [5, 5.41) is 37.9. The van der Waals surface area contributed by atoms with Crippen LogP contribution in [0.1, 0.15) is 142 Å². The molecule has 2 bridgehead atoms. The number of carbonyl (C=O) groups excluding carboxylic acids is 1. The second-order valence-corrected chi connectivity index (χ2v) is 20.4. The van der Waals surface area contributed by atoms with Gasteiger partial charge in [0, 0.05) is 46.9 Å². The van der Waals surface area contributed by atoms with Gasteiger partial charge in [-0.3, -0.25) is 4.79 Å². The van der Waals surface area contributed by atoms with Gasteiger partial charge in [-0.25, -0.2) is 0 Å². The van der Waals surface area contributed by atoms with Gasteiger partial charge >= 0.3 is 0 Å². The van der Waals surface area contributed by atoms with Gasteiger partial charge in [-0.05, 0) is 124 Å². The van der Waals surface area contributed by atoms with Crippen molar-refractivity contribution in [2.24, 2.45) is 50.7 Å². The highest BCUT2D eigenvalue weighted by Crippen LogP contribution is 2.89. The Kier molecular flexibility index (Phi) is 6.62. The number of hydrogen-bond acceptors (Lipinski definition) is 5. The molecule has 9 aliphatic rings. The lowest BCUT2D eigenvalue weighted by molar-refractivity contribution is -0.353. The van der Waals surface area contributed by atoms with Crippen LogP contribution < -0.4 is 0 Å². The zero-order valence-corrected chi connectivity index (χ0v) is 31.2. The second-order valence-electron chi connectivity index (χ2n) is 20.4. The van der Waals surface area contributed by atoms with Gasteiger partial charge in [0.1, 0.15) is 11.9 Å². The second kappa shape index (κ2) is 10.1. The van der Waals surface area contributed by atoms with Crippen LogP contribution in [0.15, 0.2) is 35.6 Å². The number of H-pyrrole nitrogens is 1. The number of aliphatic hydroxyl groups is 3. The number of fused-ring (bicyclic) bond motifs is 4. The van der Waals surface area contributed by atoms with E-state index in [0.29, 0.717) is 37.4 Å². The Morgan fingerprint density at radius 3 is 2.54 bits per heavy atom. The van der Waals surface area contributed by atoms with E-state index in [4.69, 9.17) is 4.74 Å². The molecule has 8 aliphatic carbocycles. The lowest BCUT2D eigenvalue weighted by Gasteiger charge is -2.83. The number of aliphatic hydroxyl groups excluding tert-OH is 2. The average Bonchev–Trinajstić information content (AvgIpc) is 3.34. The molecule has 2 spiro atoms. The number of Topliss-reactive ketones (excluding diaryl/α,β-unsaturated/α-hetero) is 1. The molecule has 5 saturated carbocycles. The van der Waals surface area contributed by atoms with Crippen molar-refractivity contribution in [1.82, 2.24) is 4.98 Å². The van der Waals surface area contributed by atoms with Crippen LogP contribution >= 0.6 is 0 Å². The predicted molar refractivity (Wildman–Crippen MR) is 192 cm³/mol. The standard InChI is InChI=1S/C44H61NO5/c1-25(19-32(46)37-39(4,5)50-37)29-12-17-42(27-9-7-6-8-10-27)31(29)23-41(49)16-11-28-20-35(48)38(2,3)34-13-15-40(42)21-26-14-18-45-36(26)30-22-44(40,41)43(28,34)24-33(30)47/h11,14,16,18,25,27-28,30,32-34,37,45-47,49H,6-10,12-13,15,17,19-24H2,1-5H3/t25-,28-,30-,32-,33-,34+,37-,40+,41-,42-,43-,44-/m1/s1. The normalized spacial score (nSPS) is 49.0. The molecule has 1 aromatic heterocycles. The molecule has 0 amide bonds. The van der Waals surface area contributed by atoms with Crippen molar-refractivity contribution in [3.8, 4) is 0 Å². The molecule has 0 aromatic carbocycles. The molecule has 50 heavy (non-hydrogen) atoms. The van der Waals surface area contributed by atoms with Crippen molar-refractivity contribution in [2.45, 2.75) is 166 Å². The zero-order chi connectivity index (χ0) is 34.9. The van der Waals surface area contributed by atoms with E-state index in [1.807, 2.05) is 0 Å². The summed E-state index contributed by atoms with van der Waals surface area (Å²) in [4.78, 5) is 17.8. The van der Waals surface area contributed by atoms with E-state index in [1.165, 1.54) is 48.9 Å². The van der Waals surface area contributed by atoms with Gasteiger partial charge in [-0.2, -0.15) is 0 Å². The molecule has 1 aliphatic heterocycles. The molecule has 1 saturated heterocycles. The first-order valence-electron chi connectivity index (χ1n) is 20.6. The average molecular weight is 684 g/mol. The van der Waals surface area contributed by atoms with Crippen molar-refractivity contribution >= 4 is 5.78 Å². The maximum absolute atomic E-state index is 14.1. The minimum absolute atomic E-state index is 0.0450. The fourth-order valence-corrected chi connectivity index (χ4v) is 16.7. The van der Waals surface area contributed by atoms with Crippen molar-refractivity contribution < 1.29 is 24.9 Å². The van der Waals surface area contributed by atoms with Gasteiger partial charge in [0.05, 0.1) is 23.4 Å². The fourth-order valence-electron chi connectivity index (χ4n) is 16.7. The Balaban J connectivity index is 1.25. The lowest BCUT2D eigenvalue weighted by Crippen LogP contribution is -2.83. The number of aromatic nitrogens is 1. The number of nitrogens with one attached hydrogen (secondary N) is 1. The van der Waals surface area contributed by atoms with Gasteiger partial charge in [-0.1, -0.05) is 63.3 Å². The Hall–Kier alpha value is -1.73. The van der Waals surface area contributed by atoms with Crippen LogP contribution in [0.5, 0.6) is 0 Å². The van der Waals surface area contributed by atoms with E-state index in [9.17, 15) is 20.1 Å². The third kappa shape index (κ3) is 3.56. The molecule has 2 heterocycles. The van der Waals surface area contributed by atoms with Gasteiger partial charge < -0.3 is 25.0 Å². The summed E-state index contributed by atoms with van der Waals surface area (Å²) in [6, 6.07) is 2.31. The molecule has 4 N–H and O–H groups in total. The van der Waals surface area contributed by atoms with E-state index in [2.05, 4.69) is 64.0 Å². The van der Waals surface area contributed by atoms with Crippen LogP contribution in [0.25, 0.3) is 0 Å². The Morgan fingerprint density at radius 2 is 1.80 bits per heavy atom. The Labute approximate surface area is 298 Å². The van der Waals surface area contributed by atoms with E-state index >= 15 is 0 Å². The molecule has 1 aromatic rings. The first kappa shape index (κ1) is 32.9. The molecular formula is C44H61NO5. The fraction of sp³-hybridized carbons (Fsp3) is 0.795. The number of carbonyl (C=O) groups is 1. The van der Waals surface area contributed by atoms with Crippen molar-refractivity contribution in [3.05, 3.63) is 46.8 Å². The monoisotopic (exact) mass is 683 g/mol. The molecule has 0 radical (unpaired) electrons. The number of rotatable bonds is 5. The van der Waals surface area contributed by atoms with Crippen LogP contribution in [0.4, 0.5) is 0 Å². The van der Waals surface area contributed by atoms with Crippen molar-refractivity contribution in [2.75, 3.05) is 0 Å². The Bertz CT molecular complexity index is 1700. The van der Waals surface area contributed by atoms with E-state index in [0.717, 1.165) is 38.5 Å². The van der Waals surface area contributed by atoms with Crippen LogP contribution in [0.3, 0.4) is 0 Å². The number of ether oxygens (including phenoxy) is 1. The van der Waals surface area contributed by atoms with Gasteiger partial charge in [-0.15, -0.1) is 0 Å². The number of hydrogen-bond donors (Lipinski definition) is 4. The summed E-state index contributed by atoms with van der Waals surface area (Å²) < 4.78 is 5.93. The quantitative estimate of drug-likeness (QED) is 0.188. The summed E-state index contributed by atoms with van der Waals surface area (Å²) in [6.07, 6.45) is 20.3. The van der Waals surface area contributed by atoms with E-state index in [-0.39, 0.29) is 51.6 Å². The SMILES string of the molecule is C[C@H](C[C@@H](O)[C@H]1OC1(C)C)C1=C2C[C@]3(O)C=C[C@@H]4CC(=O)C(C)(C)[C@@H]5CC[C@]6(Cc7cc[nH]c7[C@@H]7C[C@@]63[C@]45C[C@H]7O)[C@@]2(C2CCCCC2)CC1. The molecule has 6 nitrogen and oxygen atoms in total. The van der Waals surface area contributed by atoms with Crippen LogP contribution in [0.2, 0.25) is 0 Å². The summed E-state index contributed by atoms with van der Waals surface area (Å²) in [7, 11) is 0. The molecule has 6 heteroatoms. The maximum atomic E-state index is 14.1. The Morgan fingerprint density at radius 1 is 1.04 bits per heavy atom. The van der Waals surface area contributed by atoms with Gasteiger partial charge in [0.2, 0.25) is 0 Å². The minimum atomic E-state index is -1.07. The summed E-state index contributed by atoms with van der Waals surface area (Å²) in [6.45, 7) is 10.9. The molecule has 10 rings (SSSR count). The summed E-state index contributed by atoms with van der Waals surface area (Å²) in [5.74, 6) is 1.27. The molecular weight excluding hydrogens is 622 g/mol. The smallest absolute Gasteiger partial charge is 0.139 e. The van der Waals surface area contributed by atoms with Crippen LogP contribution in [-0.4, -0.2) is 55.6 Å². The minimum Gasteiger partial charge on any atom is -0.392 e.